The summed E-state index contributed by atoms with van der Waals surface area (Å²) in [4.78, 5) is 11.0. The van der Waals surface area contributed by atoms with E-state index in [4.69, 9.17) is 10.2 Å². The molecule has 1 aromatic carbocycles. The van der Waals surface area contributed by atoms with Crippen molar-refractivity contribution < 1.29 is 9.21 Å². The Labute approximate surface area is 113 Å². The number of benzene rings is 1. The predicted octanol–water partition coefficient (Wildman–Crippen LogP) is 2.43. The zero-order valence-corrected chi connectivity index (χ0v) is 11.2. The van der Waals surface area contributed by atoms with E-state index >= 15 is 0 Å². The lowest BCUT2D eigenvalue weighted by atomic mass is 10.1. The maximum Gasteiger partial charge on any atom is 0.248 e. The molecule has 0 atom stereocenters. The maximum atomic E-state index is 11.0. The molecule has 0 aliphatic rings. The molecule has 0 unspecified atom stereocenters. The van der Waals surface area contributed by atoms with E-state index in [2.05, 4.69) is 21.2 Å². The summed E-state index contributed by atoms with van der Waals surface area (Å²) in [5.74, 6) is 0.444. The molecule has 1 heterocycles. The van der Waals surface area contributed by atoms with Gasteiger partial charge in [-0.05, 0) is 45.8 Å². The summed E-state index contributed by atoms with van der Waals surface area (Å²) >= 11 is 3.25. The summed E-state index contributed by atoms with van der Waals surface area (Å²) in [5.41, 5.74) is 6.76. The van der Waals surface area contributed by atoms with Crippen LogP contribution in [-0.2, 0) is 13.1 Å². The Hall–Kier alpha value is -1.59. The fraction of sp³-hybridized carbons (Fsp3) is 0.154. The number of hydrogen-bond acceptors (Lipinski definition) is 3. The normalized spacial score (nSPS) is 10.5. The number of rotatable bonds is 5. The molecule has 2 aromatic rings. The Morgan fingerprint density at radius 2 is 2.11 bits per heavy atom. The highest BCUT2D eigenvalue weighted by atomic mass is 79.9. The number of nitrogens with two attached hydrogens (primary N) is 1. The van der Waals surface area contributed by atoms with Crippen LogP contribution in [0.1, 0.15) is 21.7 Å². The van der Waals surface area contributed by atoms with Crippen molar-refractivity contribution in [1.29, 1.82) is 0 Å². The van der Waals surface area contributed by atoms with Crippen LogP contribution in [0.3, 0.4) is 0 Å². The SMILES string of the molecule is NC(=O)c1cccc(CNCc2ccc(Br)o2)c1. The molecule has 0 fully saturated rings. The van der Waals surface area contributed by atoms with Gasteiger partial charge in [0.05, 0.1) is 6.54 Å². The Balaban J connectivity index is 1.90. The summed E-state index contributed by atoms with van der Waals surface area (Å²) in [6, 6.07) is 11.0. The molecule has 0 saturated carbocycles. The van der Waals surface area contributed by atoms with Crippen molar-refractivity contribution in [3.05, 3.63) is 58.0 Å². The second-order valence-electron chi connectivity index (χ2n) is 3.87. The van der Waals surface area contributed by atoms with Crippen molar-refractivity contribution in [3.8, 4) is 0 Å². The minimum absolute atomic E-state index is 0.410. The van der Waals surface area contributed by atoms with Gasteiger partial charge in [-0.15, -0.1) is 0 Å². The van der Waals surface area contributed by atoms with Crippen LogP contribution < -0.4 is 11.1 Å². The van der Waals surface area contributed by atoms with Gasteiger partial charge in [-0.1, -0.05) is 12.1 Å². The molecule has 1 aromatic heterocycles. The van der Waals surface area contributed by atoms with Gasteiger partial charge in [-0.2, -0.15) is 0 Å². The topological polar surface area (TPSA) is 68.3 Å². The Kier molecular flexibility index (Phi) is 4.17. The number of nitrogens with one attached hydrogen (secondary N) is 1. The zero-order valence-electron chi connectivity index (χ0n) is 9.65. The van der Waals surface area contributed by atoms with E-state index in [-0.39, 0.29) is 0 Å². The molecule has 18 heavy (non-hydrogen) atoms. The largest absolute Gasteiger partial charge is 0.453 e. The third-order valence-electron chi connectivity index (χ3n) is 2.47. The van der Waals surface area contributed by atoms with Gasteiger partial charge < -0.3 is 15.5 Å². The smallest absolute Gasteiger partial charge is 0.248 e. The van der Waals surface area contributed by atoms with Crippen LogP contribution in [0.2, 0.25) is 0 Å². The molecule has 3 N–H and O–H groups in total. The molecule has 2 rings (SSSR count). The molecular weight excluding hydrogens is 296 g/mol. The Bertz CT molecular complexity index is 551. The van der Waals surface area contributed by atoms with Gasteiger partial charge in [-0.25, -0.2) is 0 Å². The van der Waals surface area contributed by atoms with Crippen LogP contribution in [0.4, 0.5) is 0 Å². The molecule has 0 bridgehead atoms. The van der Waals surface area contributed by atoms with E-state index in [9.17, 15) is 4.79 Å². The Morgan fingerprint density at radius 3 is 2.78 bits per heavy atom. The first-order chi connectivity index (χ1) is 8.65. The molecule has 5 heteroatoms. The number of primary amides is 1. The highest BCUT2D eigenvalue weighted by Crippen LogP contribution is 2.13. The number of amides is 1. The van der Waals surface area contributed by atoms with Crippen LogP contribution in [-0.4, -0.2) is 5.91 Å². The van der Waals surface area contributed by atoms with E-state index < -0.39 is 5.91 Å². The molecule has 1 amide bonds. The second kappa shape index (κ2) is 5.84. The fourth-order valence-corrected chi connectivity index (χ4v) is 1.95. The molecule has 4 nitrogen and oxygen atoms in total. The lowest BCUT2D eigenvalue weighted by Crippen LogP contribution is -2.14. The maximum absolute atomic E-state index is 11.0. The van der Waals surface area contributed by atoms with Gasteiger partial charge in [-0.3, -0.25) is 4.79 Å². The second-order valence-corrected chi connectivity index (χ2v) is 4.66. The number of hydrogen-bond donors (Lipinski definition) is 2. The first-order valence-electron chi connectivity index (χ1n) is 5.49. The fourth-order valence-electron chi connectivity index (χ4n) is 1.61. The monoisotopic (exact) mass is 308 g/mol. The number of furan rings is 1. The number of carbonyl (C=O) groups excluding carboxylic acids is 1. The van der Waals surface area contributed by atoms with Crippen LogP contribution >= 0.6 is 15.9 Å². The van der Waals surface area contributed by atoms with Crippen molar-refractivity contribution in [2.24, 2.45) is 5.73 Å². The summed E-state index contributed by atoms with van der Waals surface area (Å²) < 4.78 is 6.08. The highest BCUT2D eigenvalue weighted by molar-refractivity contribution is 9.10. The molecule has 0 aliphatic heterocycles. The standard InChI is InChI=1S/C13H13BrN2O2/c14-12-5-4-11(18-12)8-16-7-9-2-1-3-10(6-9)13(15)17/h1-6,16H,7-8H2,(H2,15,17). The van der Waals surface area contributed by atoms with Crippen molar-refractivity contribution in [2.75, 3.05) is 0 Å². The first-order valence-corrected chi connectivity index (χ1v) is 6.28. The van der Waals surface area contributed by atoms with Crippen molar-refractivity contribution >= 4 is 21.8 Å². The molecular formula is C13H13BrN2O2. The third-order valence-corrected chi connectivity index (χ3v) is 2.89. The molecule has 0 saturated heterocycles. The third kappa shape index (κ3) is 3.45. The minimum Gasteiger partial charge on any atom is -0.453 e. The lowest BCUT2D eigenvalue weighted by Gasteiger charge is -2.04. The Morgan fingerprint density at radius 1 is 1.28 bits per heavy atom. The van der Waals surface area contributed by atoms with Crippen LogP contribution in [0.25, 0.3) is 0 Å². The van der Waals surface area contributed by atoms with Crippen LogP contribution in [0.15, 0.2) is 45.5 Å². The molecule has 94 valence electrons. The zero-order chi connectivity index (χ0) is 13.0. The summed E-state index contributed by atoms with van der Waals surface area (Å²) in [6.45, 7) is 1.28. The number of carbonyl (C=O) groups is 1. The lowest BCUT2D eigenvalue weighted by molar-refractivity contribution is 0.1000. The van der Waals surface area contributed by atoms with Crippen molar-refractivity contribution in [1.82, 2.24) is 5.32 Å². The van der Waals surface area contributed by atoms with Gasteiger partial charge >= 0.3 is 0 Å². The van der Waals surface area contributed by atoms with Gasteiger partial charge in [0.1, 0.15) is 5.76 Å². The van der Waals surface area contributed by atoms with Crippen LogP contribution in [0, 0.1) is 0 Å². The molecule has 0 aliphatic carbocycles. The predicted molar refractivity (Wildman–Crippen MR) is 71.9 cm³/mol. The van der Waals surface area contributed by atoms with Crippen molar-refractivity contribution in [2.45, 2.75) is 13.1 Å². The van der Waals surface area contributed by atoms with E-state index in [1.54, 1.807) is 12.1 Å². The average Bonchev–Trinajstić information content (AvgIpc) is 2.75. The summed E-state index contributed by atoms with van der Waals surface area (Å²) in [6.07, 6.45) is 0. The van der Waals surface area contributed by atoms with E-state index in [0.717, 1.165) is 16.0 Å². The molecule has 0 spiro atoms. The highest BCUT2D eigenvalue weighted by Gasteiger charge is 2.02. The number of halogens is 1. The van der Waals surface area contributed by atoms with E-state index in [1.807, 2.05) is 24.3 Å². The molecule has 0 radical (unpaired) electrons. The van der Waals surface area contributed by atoms with E-state index in [1.165, 1.54) is 0 Å². The first kappa shape index (κ1) is 12.9. The summed E-state index contributed by atoms with van der Waals surface area (Å²) in [5, 5.41) is 3.23. The van der Waals surface area contributed by atoms with Gasteiger partial charge in [0.25, 0.3) is 0 Å². The quantitative estimate of drug-likeness (QED) is 0.891. The van der Waals surface area contributed by atoms with Crippen molar-refractivity contribution in [3.63, 3.8) is 0 Å². The van der Waals surface area contributed by atoms with Gasteiger partial charge in [0.15, 0.2) is 4.67 Å². The van der Waals surface area contributed by atoms with E-state index in [0.29, 0.717) is 18.7 Å². The summed E-state index contributed by atoms with van der Waals surface area (Å²) in [7, 11) is 0. The van der Waals surface area contributed by atoms with Crippen LogP contribution in [0.5, 0.6) is 0 Å². The van der Waals surface area contributed by atoms with Gasteiger partial charge in [0.2, 0.25) is 5.91 Å². The average molecular weight is 309 g/mol. The minimum atomic E-state index is -0.410. The van der Waals surface area contributed by atoms with Gasteiger partial charge in [0, 0.05) is 12.1 Å².